The summed E-state index contributed by atoms with van der Waals surface area (Å²) < 4.78 is 38.3. The second kappa shape index (κ2) is 7.96. The van der Waals surface area contributed by atoms with Gasteiger partial charge in [-0.05, 0) is 36.6 Å². The number of sulfonamides is 1. The van der Waals surface area contributed by atoms with E-state index < -0.39 is 10.0 Å². The van der Waals surface area contributed by atoms with Crippen LogP contribution in [0, 0.1) is 0 Å². The molecule has 1 fully saturated rings. The van der Waals surface area contributed by atoms with Gasteiger partial charge in [0.2, 0.25) is 10.0 Å². The van der Waals surface area contributed by atoms with Gasteiger partial charge < -0.3 is 9.26 Å². The van der Waals surface area contributed by atoms with Gasteiger partial charge in [0.25, 0.3) is 0 Å². The zero-order valence-corrected chi connectivity index (χ0v) is 16.9. The minimum absolute atomic E-state index is 0.216. The van der Waals surface area contributed by atoms with Crippen LogP contribution < -0.4 is 0 Å². The molecule has 2 heterocycles. The number of aromatic nitrogens is 1. The van der Waals surface area contributed by atoms with Gasteiger partial charge in [-0.15, -0.1) is 0 Å². The number of esters is 1. The Bertz CT molecular complexity index is 1120. The van der Waals surface area contributed by atoms with Crippen molar-refractivity contribution in [3.05, 3.63) is 59.8 Å². The van der Waals surface area contributed by atoms with E-state index in [4.69, 9.17) is 9.26 Å². The number of fused-ring (bicyclic) bond motifs is 1. The van der Waals surface area contributed by atoms with Crippen molar-refractivity contribution in [3.8, 4) is 0 Å². The summed E-state index contributed by atoms with van der Waals surface area (Å²) in [6.45, 7) is 2.00. The highest BCUT2D eigenvalue weighted by atomic mass is 32.2. The van der Waals surface area contributed by atoms with Gasteiger partial charge in [-0.25, -0.2) is 8.42 Å². The van der Waals surface area contributed by atoms with E-state index in [1.54, 1.807) is 18.2 Å². The van der Waals surface area contributed by atoms with Crippen LogP contribution in [0.3, 0.4) is 0 Å². The van der Waals surface area contributed by atoms with Gasteiger partial charge in [0.1, 0.15) is 6.10 Å². The number of carbonyl (C=O) groups excluding carboxylic acids is 1. The molecule has 1 saturated heterocycles. The van der Waals surface area contributed by atoms with E-state index >= 15 is 0 Å². The number of piperidine rings is 1. The first-order valence-electron chi connectivity index (χ1n) is 9.53. The molecule has 0 bridgehead atoms. The van der Waals surface area contributed by atoms with Crippen LogP contribution in [0.2, 0.25) is 0 Å². The maximum absolute atomic E-state index is 13.1. The van der Waals surface area contributed by atoms with E-state index in [0.717, 1.165) is 5.56 Å². The first-order chi connectivity index (χ1) is 13.9. The normalized spacial score (nSPS) is 16.2. The third-order valence-electron chi connectivity index (χ3n) is 5.10. The predicted molar refractivity (Wildman–Crippen MR) is 107 cm³/mol. The maximum atomic E-state index is 13.1. The molecule has 0 aliphatic carbocycles. The smallest absolute Gasteiger partial charge is 0.302 e. The molecule has 3 aromatic rings. The second-order valence-corrected chi connectivity index (χ2v) is 9.10. The van der Waals surface area contributed by atoms with Gasteiger partial charge >= 0.3 is 5.97 Å². The quantitative estimate of drug-likeness (QED) is 0.596. The first-order valence-corrected chi connectivity index (χ1v) is 11.0. The van der Waals surface area contributed by atoms with Crippen molar-refractivity contribution in [1.29, 1.82) is 0 Å². The summed E-state index contributed by atoms with van der Waals surface area (Å²) in [6, 6.07) is 14.7. The molecule has 1 aromatic heterocycles. The van der Waals surface area contributed by atoms with Crippen LogP contribution in [-0.4, -0.2) is 43.0 Å². The van der Waals surface area contributed by atoms with Gasteiger partial charge in [-0.1, -0.05) is 35.5 Å². The Balaban J connectivity index is 1.57. The molecule has 0 atom stereocenters. The van der Waals surface area contributed by atoms with E-state index in [-0.39, 0.29) is 17.0 Å². The fraction of sp³-hybridized carbons (Fsp3) is 0.333. The summed E-state index contributed by atoms with van der Waals surface area (Å²) >= 11 is 0. The molecule has 1 aliphatic heterocycles. The molecule has 8 heteroatoms. The molecule has 0 saturated carbocycles. The molecule has 0 radical (unpaired) electrons. The molecular weight excluding hydrogens is 392 g/mol. The highest BCUT2D eigenvalue weighted by Crippen LogP contribution is 2.27. The molecular formula is C21H22N2O5S. The Morgan fingerprint density at radius 3 is 2.59 bits per heavy atom. The van der Waals surface area contributed by atoms with Gasteiger partial charge in [0.15, 0.2) is 5.58 Å². The van der Waals surface area contributed by atoms with Crippen LogP contribution >= 0.6 is 0 Å². The minimum Gasteiger partial charge on any atom is -0.462 e. The van der Waals surface area contributed by atoms with Crippen molar-refractivity contribution in [1.82, 2.24) is 9.46 Å². The Kier molecular flexibility index (Phi) is 5.38. The number of carbonyl (C=O) groups is 1. The van der Waals surface area contributed by atoms with Crippen molar-refractivity contribution >= 4 is 27.0 Å². The van der Waals surface area contributed by atoms with Crippen molar-refractivity contribution in [2.24, 2.45) is 0 Å². The van der Waals surface area contributed by atoms with Crippen LogP contribution in [0.15, 0.2) is 57.9 Å². The average Bonchev–Trinajstić information content (AvgIpc) is 3.11. The monoisotopic (exact) mass is 414 g/mol. The van der Waals surface area contributed by atoms with Gasteiger partial charge in [0, 0.05) is 31.8 Å². The molecule has 0 spiro atoms. The standard InChI is InChI=1S/C21H22N2O5S/c1-15(24)27-17-9-11-23(12-10-17)29(25,26)18-7-8-21-19(14-18)20(22-28-21)13-16-5-3-2-4-6-16/h2-8,14,17H,9-13H2,1H3. The van der Waals surface area contributed by atoms with Crippen LogP contribution in [0.1, 0.15) is 31.0 Å². The third-order valence-corrected chi connectivity index (χ3v) is 7.00. The van der Waals surface area contributed by atoms with Gasteiger partial charge in [-0.3, -0.25) is 4.79 Å². The summed E-state index contributed by atoms with van der Waals surface area (Å²) in [7, 11) is -3.65. The number of nitrogens with zero attached hydrogens (tertiary/aromatic N) is 2. The molecule has 2 aromatic carbocycles. The molecule has 152 valence electrons. The molecule has 0 amide bonds. The summed E-state index contributed by atoms with van der Waals surface area (Å²) in [4.78, 5) is 11.3. The average molecular weight is 414 g/mol. The zero-order chi connectivity index (χ0) is 20.4. The summed E-state index contributed by atoms with van der Waals surface area (Å²) in [5.41, 5.74) is 2.34. The topological polar surface area (TPSA) is 89.7 Å². The van der Waals surface area contributed by atoms with E-state index in [9.17, 15) is 13.2 Å². The van der Waals surface area contributed by atoms with Crippen LogP contribution in [0.25, 0.3) is 11.0 Å². The van der Waals surface area contributed by atoms with Gasteiger partial charge in [-0.2, -0.15) is 4.31 Å². The lowest BCUT2D eigenvalue weighted by Crippen LogP contribution is -2.41. The Morgan fingerprint density at radius 1 is 1.17 bits per heavy atom. The summed E-state index contributed by atoms with van der Waals surface area (Å²) in [5.74, 6) is -0.338. The zero-order valence-electron chi connectivity index (χ0n) is 16.1. The molecule has 1 aliphatic rings. The van der Waals surface area contributed by atoms with Gasteiger partial charge in [0.05, 0.1) is 10.6 Å². The predicted octanol–water partition coefficient (Wildman–Crippen LogP) is 3.13. The minimum atomic E-state index is -3.65. The van der Waals surface area contributed by atoms with Crippen molar-refractivity contribution < 1.29 is 22.5 Å². The van der Waals surface area contributed by atoms with E-state index in [1.165, 1.54) is 11.2 Å². The SMILES string of the molecule is CC(=O)OC1CCN(S(=O)(=O)c2ccc3onc(Cc4ccccc4)c3c2)CC1. The summed E-state index contributed by atoms with van der Waals surface area (Å²) in [6.07, 6.45) is 1.32. The largest absolute Gasteiger partial charge is 0.462 e. The van der Waals surface area contributed by atoms with Crippen LogP contribution in [-0.2, 0) is 26.0 Å². The summed E-state index contributed by atoms with van der Waals surface area (Å²) in [5, 5.41) is 4.83. The molecule has 4 rings (SSSR count). The fourth-order valence-electron chi connectivity index (χ4n) is 3.62. The highest BCUT2D eigenvalue weighted by molar-refractivity contribution is 7.89. The van der Waals surface area contributed by atoms with Crippen molar-refractivity contribution in [2.75, 3.05) is 13.1 Å². The second-order valence-electron chi connectivity index (χ2n) is 7.16. The Hall–Kier alpha value is -2.71. The highest BCUT2D eigenvalue weighted by Gasteiger charge is 2.31. The fourth-order valence-corrected chi connectivity index (χ4v) is 5.12. The number of ether oxygens (including phenoxy) is 1. The number of hydrogen-bond acceptors (Lipinski definition) is 6. The van der Waals surface area contributed by atoms with E-state index in [1.807, 2.05) is 30.3 Å². The first kappa shape index (κ1) is 19.6. The number of hydrogen-bond donors (Lipinski definition) is 0. The number of rotatable bonds is 5. The lowest BCUT2D eigenvalue weighted by molar-refractivity contribution is -0.147. The van der Waals surface area contributed by atoms with E-state index in [2.05, 4.69) is 5.16 Å². The molecule has 7 nitrogen and oxygen atoms in total. The Labute approximate surface area is 169 Å². The van der Waals surface area contributed by atoms with Crippen molar-refractivity contribution in [2.45, 2.75) is 37.2 Å². The van der Waals surface area contributed by atoms with E-state index in [0.29, 0.717) is 49.0 Å². The third kappa shape index (κ3) is 4.18. The van der Waals surface area contributed by atoms with Crippen molar-refractivity contribution in [3.63, 3.8) is 0 Å². The van der Waals surface area contributed by atoms with Crippen LogP contribution in [0.5, 0.6) is 0 Å². The van der Waals surface area contributed by atoms with Crippen LogP contribution in [0.4, 0.5) is 0 Å². The number of benzene rings is 2. The maximum Gasteiger partial charge on any atom is 0.302 e. The Morgan fingerprint density at radius 2 is 1.90 bits per heavy atom. The molecule has 0 unspecified atom stereocenters. The lowest BCUT2D eigenvalue weighted by atomic mass is 10.1. The lowest BCUT2D eigenvalue weighted by Gasteiger charge is -2.30. The molecule has 29 heavy (non-hydrogen) atoms. The molecule has 0 N–H and O–H groups in total.